The summed E-state index contributed by atoms with van der Waals surface area (Å²) in [5.74, 6) is 0.429. The van der Waals surface area contributed by atoms with Crippen molar-refractivity contribution in [3.05, 3.63) is 94.0 Å². The Labute approximate surface area is 170 Å². The molecule has 0 spiro atoms. The maximum Gasteiger partial charge on any atom is 0.584 e. The zero-order valence-corrected chi connectivity index (χ0v) is 17.7. The first kappa shape index (κ1) is 20.8. The summed E-state index contributed by atoms with van der Waals surface area (Å²) in [4.78, 5) is 23.0. The highest BCUT2D eigenvalue weighted by Crippen LogP contribution is 2.47. The topological polar surface area (TPSA) is 72.8 Å². The van der Waals surface area contributed by atoms with Crippen molar-refractivity contribution in [1.82, 2.24) is 0 Å². The van der Waals surface area contributed by atoms with Crippen LogP contribution in [0, 0.1) is 27.7 Å². The van der Waals surface area contributed by atoms with Gasteiger partial charge in [0.2, 0.25) is 0 Å². The third kappa shape index (κ3) is 4.76. The van der Waals surface area contributed by atoms with Gasteiger partial charge in [-0.3, -0.25) is 9.69 Å². The highest BCUT2D eigenvalue weighted by molar-refractivity contribution is 7.48. The number of phosphoric ester groups is 1. The molecule has 0 bridgehead atoms. The Kier molecular flexibility index (Phi) is 5.92. The number of carbonyl (C=O) groups is 1. The van der Waals surface area contributed by atoms with Crippen LogP contribution >= 0.6 is 7.82 Å². The summed E-state index contributed by atoms with van der Waals surface area (Å²) in [5, 5.41) is 0. The van der Waals surface area contributed by atoms with Gasteiger partial charge in [0.25, 0.3) is 0 Å². The number of carbonyl (C=O) groups excluding carboxylic acids is 1. The molecule has 1 atom stereocenters. The summed E-state index contributed by atoms with van der Waals surface area (Å²) in [6, 6.07) is 17.7. The minimum atomic E-state index is -4.43. The van der Waals surface area contributed by atoms with Crippen LogP contribution in [-0.2, 0) is 4.57 Å². The Hall–Kier alpha value is -2.88. The van der Waals surface area contributed by atoms with Gasteiger partial charge in [0.1, 0.15) is 11.5 Å². The number of benzene rings is 3. The van der Waals surface area contributed by atoms with Gasteiger partial charge in [-0.15, -0.1) is 0 Å². The second-order valence-electron chi connectivity index (χ2n) is 7.01. The Morgan fingerprint density at radius 2 is 1.21 bits per heavy atom. The van der Waals surface area contributed by atoms with E-state index in [9.17, 15) is 14.3 Å². The van der Waals surface area contributed by atoms with Gasteiger partial charge in [0.05, 0.1) is 0 Å². The molecule has 5 nitrogen and oxygen atoms in total. The van der Waals surface area contributed by atoms with Crippen LogP contribution in [0.25, 0.3) is 0 Å². The van der Waals surface area contributed by atoms with Crippen molar-refractivity contribution < 1.29 is 23.3 Å². The van der Waals surface area contributed by atoms with Crippen LogP contribution in [0.1, 0.15) is 38.2 Å². The normalized spacial score (nSPS) is 12.9. The molecule has 3 aromatic rings. The fourth-order valence-electron chi connectivity index (χ4n) is 3.17. The van der Waals surface area contributed by atoms with Crippen molar-refractivity contribution in [2.24, 2.45) is 0 Å². The van der Waals surface area contributed by atoms with Crippen molar-refractivity contribution in [1.29, 1.82) is 0 Å². The number of para-hydroxylation sites is 1. The molecule has 6 heteroatoms. The van der Waals surface area contributed by atoms with Gasteiger partial charge >= 0.3 is 7.82 Å². The first-order valence-electron chi connectivity index (χ1n) is 9.17. The molecule has 0 saturated heterocycles. The zero-order valence-electron chi connectivity index (χ0n) is 16.8. The van der Waals surface area contributed by atoms with E-state index >= 15 is 0 Å². The largest absolute Gasteiger partial charge is 0.584 e. The molecule has 0 aliphatic rings. The van der Waals surface area contributed by atoms with Gasteiger partial charge in [0.15, 0.2) is 5.78 Å². The van der Waals surface area contributed by atoms with Gasteiger partial charge in [-0.1, -0.05) is 48.5 Å². The number of phosphoric acid groups is 1. The van der Waals surface area contributed by atoms with Gasteiger partial charge in [0, 0.05) is 11.1 Å². The molecular formula is C23H23O5P. The Morgan fingerprint density at radius 1 is 0.724 bits per heavy atom. The summed E-state index contributed by atoms with van der Waals surface area (Å²) >= 11 is 0. The third-order valence-electron chi connectivity index (χ3n) is 4.58. The molecule has 0 fully saturated rings. The minimum absolute atomic E-state index is 0.123. The Balaban J connectivity index is 1.88. The van der Waals surface area contributed by atoms with E-state index in [1.165, 1.54) is 0 Å². The van der Waals surface area contributed by atoms with Crippen molar-refractivity contribution in [3.63, 3.8) is 0 Å². The zero-order chi connectivity index (χ0) is 21.2. The second-order valence-corrected chi connectivity index (χ2v) is 8.31. The van der Waals surface area contributed by atoms with E-state index in [0.717, 1.165) is 11.1 Å². The minimum Gasteiger partial charge on any atom is -0.395 e. The molecule has 0 aliphatic heterocycles. The summed E-state index contributed by atoms with van der Waals surface area (Å²) in [6.45, 7) is 7.04. The molecule has 0 radical (unpaired) electrons. The van der Waals surface area contributed by atoms with Crippen LogP contribution in [0.4, 0.5) is 0 Å². The molecule has 29 heavy (non-hydrogen) atoms. The fraction of sp³-hybridized carbons (Fsp3) is 0.174. The molecule has 0 aromatic heterocycles. The van der Waals surface area contributed by atoms with Gasteiger partial charge < -0.3 is 9.05 Å². The maximum absolute atomic E-state index is 12.7. The Morgan fingerprint density at radius 3 is 1.72 bits per heavy atom. The lowest BCUT2D eigenvalue weighted by atomic mass is 9.99. The predicted octanol–water partition coefficient (Wildman–Crippen LogP) is 5.71. The molecule has 0 saturated carbocycles. The SMILES string of the molecule is Cc1cccc(C)c1OP(=O)(O)Oc1c(C)cc(C(=O)c2ccccc2)cc1C. The standard InChI is InChI=1S/C23H23O5P/c1-15-9-8-10-16(2)22(15)27-29(25,26)28-23-17(3)13-20(14-18(23)4)21(24)19-11-6-5-7-12-19/h5-14H,1-4H3,(H,25,26). The first-order valence-corrected chi connectivity index (χ1v) is 10.7. The van der Waals surface area contributed by atoms with E-state index in [1.807, 2.05) is 12.1 Å². The van der Waals surface area contributed by atoms with E-state index in [0.29, 0.717) is 28.0 Å². The summed E-state index contributed by atoms with van der Waals surface area (Å²) in [6.07, 6.45) is 0. The van der Waals surface area contributed by atoms with E-state index in [-0.39, 0.29) is 11.5 Å². The summed E-state index contributed by atoms with van der Waals surface area (Å²) in [5.41, 5.74) is 3.68. The predicted molar refractivity (Wildman–Crippen MR) is 113 cm³/mol. The fourth-order valence-corrected chi connectivity index (χ4v) is 4.25. The van der Waals surface area contributed by atoms with Gasteiger partial charge in [-0.05, 0) is 62.1 Å². The highest BCUT2D eigenvalue weighted by Gasteiger charge is 2.28. The van der Waals surface area contributed by atoms with E-state index in [2.05, 4.69) is 0 Å². The van der Waals surface area contributed by atoms with Gasteiger partial charge in [-0.25, -0.2) is 4.57 Å². The maximum atomic E-state index is 12.7. The smallest absolute Gasteiger partial charge is 0.395 e. The average molecular weight is 410 g/mol. The van der Waals surface area contributed by atoms with Crippen molar-refractivity contribution in [2.75, 3.05) is 0 Å². The van der Waals surface area contributed by atoms with Crippen molar-refractivity contribution in [2.45, 2.75) is 27.7 Å². The monoisotopic (exact) mass is 410 g/mol. The van der Waals surface area contributed by atoms with Crippen molar-refractivity contribution in [3.8, 4) is 11.5 Å². The molecule has 3 rings (SSSR count). The molecule has 0 heterocycles. The lowest BCUT2D eigenvalue weighted by molar-refractivity contribution is 0.103. The number of ketones is 1. The van der Waals surface area contributed by atoms with E-state index in [1.54, 1.807) is 76.2 Å². The molecular weight excluding hydrogens is 387 g/mol. The second kappa shape index (κ2) is 8.24. The van der Waals surface area contributed by atoms with Crippen LogP contribution in [0.5, 0.6) is 11.5 Å². The third-order valence-corrected chi connectivity index (χ3v) is 5.41. The molecule has 1 unspecified atom stereocenters. The van der Waals surface area contributed by atoms with E-state index in [4.69, 9.17) is 9.05 Å². The lowest BCUT2D eigenvalue weighted by Gasteiger charge is -2.19. The first-order chi connectivity index (χ1) is 13.7. The average Bonchev–Trinajstić information content (AvgIpc) is 2.68. The molecule has 3 aromatic carbocycles. The van der Waals surface area contributed by atoms with Crippen LogP contribution in [0.15, 0.2) is 60.7 Å². The summed E-state index contributed by atoms with van der Waals surface area (Å²) in [7, 11) is -4.43. The molecule has 0 amide bonds. The van der Waals surface area contributed by atoms with E-state index < -0.39 is 7.82 Å². The van der Waals surface area contributed by atoms with Crippen LogP contribution in [0.2, 0.25) is 0 Å². The summed E-state index contributed by atoms with van der Waals surface area (Å²) < 4.78 is 23.4. The number of hydrogen-bond donors (Lipinski definition) is 1. The molecule has 0 aliphatic carbocycles. The van der Waals surface area contributed by atoms with Crippen LogP contribution in [0.3, 0.4) is 0 Å². The van der Waals surface area contributed by atoms with Crippen LogP contribution < -0.4 is 9.05 Å². The number of aryl methyl sites for hydroxylation is 4. The quantitative estimate of drug-likeness (QED) is 0.416. The van der Waals surface area contributed by atoms with Crippen molar-refractivity contribution >= 4 is 13.6 Å². The van der Waals surface area contributed by atoms with Crippen LogP contribution in [-0.4, -0.2) is 10.7 Å². The lowest BCUT2D eigenvalue weighted by Crippen LogP contribution is -2.06. The Bertz CT molecular complexity index is 1060. The molecule has 1 N–H and O–H groups in total. The number of rotatable bonds is 6. The highest BCUT2D eigenvalue weighted by atomic mass is 31.2. The van der Waals surface area contributed by atoms with Gasteiger partial charge in [-0.2, -0.15) is 0 Å². The molecule has 150 valence electrons. The number of hydrogen-bond acceptors (Lipinski definition) is 4.